The van der Waals surface area contributed by atoms with Crippen LogP contribution in [-0.2, 0) is 19.1 Å². The number of rotatable bonds is 3. The highest BCUT2D eigenvalue weighted by atomic mass is 19.4. The lowest BCUT2D eigenvalue weighted by atomic mass is 10.1. The van der Waals surface area contributed by atoms with Crippen molar-refractivity contribution in [3.8, 4) is 0 Å². The van der Waals surface area contributed by atoms with Gasteiger partial charge in [0.15, 0.2) is 5.69 Å². The Balaban J connectivity index is 3.12. The number of amidine groups is 1. The lowest BCUT2D eigenvalue weighted by Crippen LogP contribution is -2.16. The quantitative estimate of drug-likeness (QED) is 0.597. The molecule has 0 aromatic carbocycles. The molecule has 1 rings (SSSR count). The Hall–Kier alpha value is -1.53. The molecule has 1 aromatic rings. The summed E-state index contributed by atoms with van der Waals surface area (Å²) in [5, 5.41) is 10.4. The van der Waals surface area contributed by atoms with Crippen LogP contribution in [0.2, 0.25) is 0 Å². The molecule has 0 aliphatic rings. The van der Waals surface area contributed by atoms with E-state index >= 15 is 0 Å². The molecule has 0 aliphatic heterocycles. The van der Waals surface area contributed by atoms with E-state index in [2.05, 4.69) is 5.10 Å². The molecule has 84 valence electrons. The van der Waals surface area contributed by atoms with Gasteiger partial charge < -0.3 is 5.73 Å². The van der Waals surface area contributed by atoms with Crippen LogP contribution in [-0.4, -0.2) is 15.6 Å². The molecule has 7 heteroatoms. The smallest absolute Gasteiger partial charge is 0.387 e. The fourth-order valence-corrected chi connectivity index (χ4v) is 1.20. The van der Waals surface area contributed by atoms with Crippen molar-refractivity contribution in [3.63, 3.8) is 0 Å². The predicted molar refractivity (Wildman–Crippen MR) is 48.5 cm³/mol. The van der Waals surface area contributed by atoms with Crippen molar-refractivity contribution in [2.24, 2.45) is 5.73 Å². The van der Waals surface area contributed by atoms with Crippen LogP contribution >= 0.6 is 0 Å². The average molecular weight is 220 g/mol. The standard InChI is InChI=1S/C8H11F3N4/c1-2-15-4-5(3-6(12)13)7(14-15)8(9,10)11/h4H,2-3H2,1H3,(H3,12,13). The molecule has 0 unspecified atom stereocenters. The summed E-state index contributed by atoms with van der Waals surface area (Å²) in [6.45, 7) is 2.03. The molecular formula is C8H11F3N4. The second-order valence-electron chi connectivity index (χ2n) is 3.06. The zero-order valence-electron chi connectivity index (χ0n) is 8.10. The second-order valence-corrected chi connectivity index (χ2v) is 3.06. The zero-order chi connectivity index (χ0) is 11.6. The molecule has 0 fully saturated rings. The summed E-state index contributed by atoms with van der Waals surface area (Å²) in [6.07, 6.45) is -3.45. The van der Waals surface area contributed by atoms with Crippen molar-refractivity contribution in [2.75, 3.05) is 0 Å². The summed E-state index contributed by atoms with van der Waals surface area (Å²) < 4.78 is 38.6. The number of halogens is 3. The monoisotopic (exact) mass is 220 g/mol. The molecule has 1 heterocycles. The maximum Gasteiger partial charge on any atom is 0.435 e. The number of aryl methyl sites for hydroxylation is 1. The minimum absolute atomic E-state index is 0.0585. The molecule has 3 N–H and O–H groups in total. The first-order valence-electron chi connectivity index (χ1n) is 4.31. The minimum atomic E-state index is -4.49. The van der Waals surface area contributed by atoms with E-state index in [-0.39, 0.29) is 17.8 Å². The Morgan fingerprint density at radius 2 is 2.20 bits per heavy atom. The van der Waals surface area contributed by atoms with Crippen LogP contribution < -0.4 is 5.73 Å². The Bertz CT molecular complexity index is 366. The molecule has 1 aromatic heterocycles. The third-order valence-electron chi connectivity index (χ3n) is 1.81. The first-order valence-corrected chi connectivity index (χ1v) is 4.31. The molecule has 0 amide bonds. The molecule has 0 radical (unpaired) electrons. The van der Waals surface area contributed by atoms with Gasteiger partial charge in [-0.2, -0.15) is 18.3 Å². The number of hydrogen-bond acceptors (Lipinski definition) is 2. The van der Waals surface area contributed by atoms with E-state index in [1.807, 2.05) is 0 Å². The van der Waals surface area contributed by atoms with Crippen LogP contribution in [0, 0.1) is 5.41 Å². The summed E-state index contributed by atoms with van der Waals surface area (Å²) in [5.74, 6) is -0.309. The fourth-order valence-electron chi connectivity index (χ4n) is 1.20. The molecule has 0 spiro atoms. The molecule has 4 nitrogen and oxygen atoms in total. The fraction of sp³-hybridized carbons (Fsp3) is 0.500. The van der Waals surface area contributed by atoms with E-state index in [0.29, 0.717) is 6.54 Å². The maximum atomic E-state index is 12.5. The van der Waals surface area contributed by atoms with Gasteiger partial charge in [-0.15, -0.1) is 0 Å². The summed E-state index contributed by atoms with van der Waals surface area (Å²) in [7, 11) is 0. The molecule has 0 aliphatic carbocycles. The average Bonchev–Trinajstić information content (AvgIpc) is 2.45. The molecular weight excluding hydrogens is 209 g/mol. The van der Waals surface area contributed by atoms with E-state index in [4.69, 9.17) is 11.1 Å². The Kier molecular flexibility index (Phi) is 3.01. The van der Waals surface area contributed by atoms with E-state index in [1.165, 1.54) is 10.9 Å². The van der Waals surface area contributed by atoms with Crippen molar-refractivity contribution in [2.45, 2.75) is 26.1 Å². The summed E-state index contributed by atoms with van der Waals surface area (Å²) in [4.78, 5) is 0. The number of aromatic nitrogens is 2. The van der Waals surface area contributed by atoms with Gasteiger partial charge in [-0.1, -0.05) is 0 Å². The van der Waals surface area contributed by atoms with Crippen LogP contribution in [0.5, 0.6) is 0 Å². The van der Waals surface area contributed by atoms with Crippen LogP contribution in [0.1, 0.15) is 18.2 Å². The Morgan fingerprint density at radius 1 is 1.60 bits per heavy atom. The topological polar surface area (TPSA) is 67.7 Å². The van der Waals surface area contributed by atoms with Gasteiger partial charge in [-0.05, 0) is 6.92 Å². The summed E-state index contributed by atoms with van der Waals surface area (Å²) in [6, 6.07) is 0. The lowest BCUT2D eigenvalue weighted by Gasteiger charge is -2.04. The van der Waals surface area contributed by atoms with Gasteiger partial charge in [0.05, 0.1) is 5.84 Å². The number of alkyl halides is 3. The second kappa shape index (κ2) is 3.92. The highest BCUT2D eigenvalue weighted by Crippen LogP contribution is 2.30. The van der Waals surface area contributed by atoms with Gasteiger partial charge in [0.1, 0.15) is 0 Å². The summed E-state index contributed by atoms with van der Waals surface area (Å²) in [5.41, 5.74) is 4.05. The first kappa shape index (κ1) is 11.5. The van der Waals surface area contributed by atoms with Crippen molar-refractivity contribution >= 4 is 5.84 Å². The number of hydrogen-bond donors (Lipinski definition) is 2. The van der Waals surface area contributed by atoms with Gasteiger partial charge in [-0.25, -0.2) is 0 Å². The van der Waals surface area contributed by atoms with Crippen molar-refractivity contribution < 1.29 is 13.2 Å². The van der Waals surface area contributed by atoms with Gasteiger partial charge in [0, 0.05) is 24.7 Å². The van der Waals surface area contributed by atoms with Crippen molar-refractivity contribution in [1.82, 2.24) is 9.78 Å². The van der Waals surface area contributed by atoms with E-state index in [9.17, 15) is 13.2 Å². The Morgan fingerprint density at radius 3 is 2.60 bits per heavy atom. The van der Waals surface area contributed by atoms with Gasteiger partial charge in [-0.3, -0.25) is 10.1 Å². The van der Waals surface area contributed by atoms with E-state index in [0.717, 1.165) is 0 Å². The van der Waals surface area contributed by atoms with E-state index in [1.54, 1.807) is 6.92 Å². The first-order chi connectivity index (χ1) is 6.84. The molecule has 0 saturated heterocycles. The lowest BCUT2D eigenvalue weighted by molar-refractivity contribution is -0.142. The van der Waals surface area contributed by atoms with Crippen LogP contribution in [0.3, 0.4) is 0 Å². The minimum Gasteiger partial charge on any atom is -0.387 e. The van der Waals surface area contributed by atoms with Crippen molar-refractivity contribution in [1.29, 1.82) is 5.41 Å². The predicted octanol–water partition coefficient (Wildman–Crippen LogP) is 1.40. The van der Waals surface area contributed by atoms with Crippen LogP contribution in [0.4, 0.5) is 13.2 Å². The van der Waals surface area contributed by atoms with Gasteiger partial charge >= 0.3 is 6.18 Å². The number of nitrogens with two attached hydrogens (primary N) is 1. The zero-order valence-corrected chi connectivity index (χ0v) is 8.10. The molecule has 0 bridgehead atoms. The normalized spacial score (nSPS) is 11.7. The van der Waals surface area contributed by atoms with Crippen LogP contribution in [0.15, 0.2) is 6.20 Å². The number of nitrogens with zero attached hydrogens (tertiary/aromatic N) is 2. The summed E-state index contributed by atoms with van der Waals surface area (Å²) >= 11 is 0. The van der Waals surface area contributed by atoms with Gasteiger partial charge in [0.2, 0.25) is 0 Å². The molecule has 0 atom stereocenters. The third kappa shape index (κ3) is 2.71. The molecule has 15 heavy (non-hydrogen) atoms. The highest BCUT2D eigenvalue weighted by molar-refractivity contribution is 5.79. The van der Waals surface area contributed by atoms with E-state index < -0.39 is 11.9 Å². The molecule has 0 saturated carbocycles. The largest absolute Gasteiger partial charge is 0.435 e. The SMILES string of the molecule is CCn1cc(CC(=N)N)c(C(F)(F)F)n1. The Labute approximate surface area is 84.4 Å². The van der Waals surface area contributed by atoms with Gasteiger partial charge in [0.25, 0.3) is 0 Å². The van der Waals surface area contributed by atoms with Crippen LogP contribution in [0.25, 0.3) is 0 Å². The van der Waals surface area contributed by atoms with Crippen molar-refractivity contribution in [3.05, 3.63) is 17.5 Å². The maximum absolute atomic E-state index is 12.5. The highest BCUT2D eigenvalue weighted by Gasteiger charge is 2.36. The number of nitrogens with one attached hydrogen (secondary N) is 1. The third-order valence-corrected chi connectivity index (χ3v) is 1.81.